The number of rotatable bonds is 1. The van der Waals surface area contributed by atoms with E-state index >= 15 is 0 Å². The van der Waals surface area contributed by atoms with Crippen molar-refractivity contribution >= 4 is 0 Å². The van der Waals surface area contributed by atoms with Gasteiger partial charge in [0.25, 0.3) is 0 Å². The molecule has 0 saturated heterocycles. The summed E-state index contributed by atoms with van der Waals surface area (Å²) >= 11 is 0. The standard InChI is InChI=1S/C11H7F2NO/c12-7-3-1-4-8(13)10(7)11-9(15)5-2-6-14-11/h1-6,15H. The molecule has 4 heteroatoms. The normalized spacial score (nSPS) is 10.3. The number of aromatic hydroxyl groups is 1. The number of nitrogens with zero attached hydrogens (tertiary/aromatic N) is 1. The van der Waals surface area contributed by atoms with Gasteiger partial charge < -0.3 is 5.11 Å². The quantitative estimate of drug-likeness (QED) is 0.779. The van der Waals surface area contributed by atoms with E-state index in [1.807, 2.05) is 0 Å². The Kier molecular flexibility index (Phi) is 2.33. The number of hydrogen-bond donors (Lipinski definition) is 1. The van der Waals surface area contributed by atoms with Gasteiger partial charge in [0.1, 0.15) is 23.1 Å². The smallest absolute Gasteiger partial charge is 0.142 e. The molecule has 76 valence electrons. The first kappa shape index (κ1) is 9.58. The summed E-state index contributed by atoms with van der Waals surface area (Å²) in [5.74, 6) is -1.74. The molecule has 0 saturated carbocycles. The molecule has 2 rings (SSSR count). The van der Waals surface area contributed by atoms with Crippen LogP contribution in [0.5, 0.6) is 5.75 Å². The van der Waals surface area contributed by atoms with E-state index in [4.69, 9.17) is 0 Å². The first-order valence-electron chi connectivity index (χ1n) is 4.28. The third-order valence-corrected chi connectivity index (χ3v) is 1.99. The highest BCUT2D eigenvalue weighted by Gasteiger charge is 2.14. The molecule has 0 aliphatic carbocycles. The number of hydrogen-bond acceptors (Lipinski definition) is 2. The van der Waals surface area contributed by atoms with Crippen LogP contribution < -0.4 is 0 Å². The first-order valence-corrected chi connectivity index (χ1v) is 4.28. The van der Waals surface area contributed by atoms with Crippen molar-refractivity contribution in [2.45, 2.75) is 0 Å². The molecule has 0 radical (unpaired) electrons. The van der Waals surface area contributed by atoms with Crippen molar-refractivity contribution in [1.29, 1.82) is 0 Å². The average Bonchev–Trinajstić information content (AvgIpc) is 2.20. The van der Waals surface area contributed by atoms with Gasteiger partial charge in [-0.25, -0.2) is 8.78 Å². The molecule has 1 N–H and O–H groups in total. The highest BCUT2D eigenvalue weighted by molar-refractivity contribution is 5.66. The van der Waals surface area contributed by atoms with Crippen LogP contribution in [0.25, 0.3) is 11.3 Å². The highest BCUT2D eigenvalue weighted by atomic mass is 19.1. The van der Waals surface area contributed by atoms with Gasteiger partial charge in [0, 0.05) is 6.20 Å². The minimum Gasteiger partial charge on any atom is -0.506 e. The fourth-order valence-corrected chi connectivity index (χ4v) is 1.31. The Hall–Kier alpha value is -1.97. The van der Waals surface area contributed by atoms with Crippen molar-refractivity contribution < 1.29 is 13.9 Å². The third-order valence-electron chi connectivity index (χ3n) is 1.99. The highest BCUT2D eigenvalue weighted by Crippen LogP contribution is 2.30. The molecule has 2 nitrogen and oxygen atoms in total. The van der Waals surface area contributed by atoms with Crippen molar-refractivity contribution in [3.05, 3.63) is 48.2 Å². The average molecular weight is 207 g/mol. The van der Waals surface area contributed by atoms with Crippen LogP contribution in [0, 0.1) is 11.6 Å². The van der Waals surface area contributed by atoms with Gasteiger partial charge in [-0.05, 0) is 24.3 Å². The van der Waals surface area contributed by atoms with Gasteiger partial charge in [-0.1, -0.05) is 6.07 Å². The predicted octanol–water partition coefficient (Wildman–Crippen LogP) is 2.73. The Morgan fingerprint density at radius 1 is 1.00 bits per heavy atom. The summed E-state index contributed by atoms with van der Waals surface area (Å²) in [5, 5.41) is 9.42. The molecule has 1 heterocycles. The Bertz CT molecular complexity index is 479. The maximum Gasteiger partial charge on any atom is 0.142 e. The van der Waals surface area contributed by atoms with Crippen LogP contribution >= 0.6 is 0 Å². The van der Waals surface area contributed by atoms with Gasteiger partial charge in [0.05, 0.1) is 5.56 Å². The zero-order valence-electron chi connectivity index (χ0n) is 7.61. The summed E-state index contributed by atoms with van der Waals surface area (Å²) in [6, 6.07) is 6.30. The van der Waals surface area contributed by atoms with Crippen LogP contribution in [0.4, 0.5) is 8.78 Å². The number of halogens is 2. The van der Waals surface area contributed by atoms with Gasteiger partial charge in [-0.2, -0.15) is 0 Å². The molecule has 0 aliphatic rings. The van der Waals surface area contributed by atoms with E-state index in [1.54, 1.807) is 0 Å². The van der Waals surface area contributed by atoms with E-state index in [-0.39, 0.29) is 17.0 Å². The molecule has 0 amide bonds. The summed E-state index contributed by atoms with van der Waals surface area (Å²) in [6.45, 7) is 0. The summed E-state index contributed by atoms with van der Waals surface area (Å²) in [7, 11) is 0. The monoisotopic (exact) mass is 207 g/mol. The lowest BCUT2D eigenvalue weighted by Gasteiger charge is -2.05. The van der Waals surface area contributed by atoms with Gasteiger partial charge in [0.2, 0.25) is 0 Å². The van der Waals surface area contributed by atoms with E-state index in [2.05, 4.69) is 4.98 Å². The molecule has 0 fully saturated rings. The van der Waals surface area contributed by atoms with Crippen molar-refractivity contribution in [3.8, 4) is 17.0 Å². The first-order chi connectivity index (χ1) is 7.20. The summed E-state index contributed by atoms with van der Waals surface area (Å²) in [4.78, 5) is 3.74. The lowest BCUT2D eigenvalue weighted by Crippen LogP contribution is -1.92. The zero-order chi connectivity index (χ0) is 10.8. The van der Waals surface area contributed by atoms with Crippen LogP contribution in [0.15, 0.2) is 36.5 Å². The summed E-state index contributed by atoms with van der Waals surface area (Å²) in [5.41, 5.74) is -0.399. The molecule has 0 spiro atoms. The van der Waals surface area contributed by atoms with Crippen molar-refractivity contribution in [2.24, 2.45) is 0 Å². The maximum absolute atomic E-state index is 13.3. The van der Waals surface area contributed by atoms with Crippen molar-refractivity contribution in [3.63, 3.8) is 0 Å². The molecule has 0 aliphatic heterocycles. The summed E-state index contributed by atoms with van der Waals surface area (Å²) in [6.07, 6.45) is 1.36. The molecule has 0 atom stereocenters. The molecular formula is C11H7F2NO. The Labute approximate surface area is 84.8 Å². The maximum atomic E-state index is 13.3. The second kappa shape index (κ2) is 3.65. The Morgan fingerprint density at radius 2 is 1.67 bits per heavy atom. The van der Waals surface area contributed by atoms with E-state index in [9.17, 15) is 13.9 Å². The van der Waals surface area contributed by atoms with Crippen molar-refractivity contribution in [2.75, 3.05) is 0 Å². The zero-order valence-corrected chi connectivity index (χ0v) is 7.61. The molecule has 2 aromatic rings. The topological polar surface area (TPSA) is 33.1 Å². The van der Waals surface area contributed by atoms with Gasteiger partial charge in [-0.3, -0.25) is 4.98 Å². The Morgan fingerprint density at radius 3 is 2.27 bits per heavy atom. The molecular weight excluding hydrogens is 200 g/mol. The number of aromatic nitrogens is 1. The second-order valence-electron chi connectivity index (χ2n) is 2.97. The molecule has 1 aromatic heterocycles. The minimum atomic E-state index is -0.746. The van der Waals surface area contributed by atoms with Crippen LogP contribution in [0.3, 0.4) is 0 Å². The molecule has 1 aromatic carbocycles. The lowest BCUT2D eigenvalue weighted by molar-refractivity contribution is 0.473. The van der Waals surface area contributed by atoms with E-state index in [0.29, 0.717) is 0 Å². The molecule has 0 unspecified atom stereocenters. The fraction of sp³-hybridized carbons (Fsp3) is 0. The van der Waals surface area contributed by atoms with Crippen LogP contribution in [0.2, 0.25) is 0 Å². The van der Waals surface area contributed by atoms with Crippen molar-refractivity contribution in [1.82, 2.24) is 4.98 Å². The largest absolute Gasteiger partial charge is 0.506 e. The van der Waals surface area contributed by atoms with Gasteiger partial charge in [-0.15, -0.1) is 0 Å². The third kappa shape index (κ3) is 1.66. The number of benzene rings is 1. The van der Waals surface area contributed by atoms with Gasteiger partial charge in [0.15, 0.2) is 0 Å². The fourth-order valence-electron chi connectivity index (χ4n) is 1.31. The Balaban J connectivity index is 2.69. The molecule has 0 bridgehead atoms. The van der Waals surface area contributed by atoms with E-state index in [1.165, 1.54) is 24.4 Å². The lowest BCUT2D eigenvalue weighted by atomic mass is 10.1. The molecule has 15 heavy (non-hydrogen) atoms. The summed E-state index contributed by atoms with van der Waals surface area (Å²) < 4.78 is 26.7. The number of pyridine rings is 1. The van der Waals surface area contributed by atoms with Crippen LogP contribution in [-0.4, -0.2) is 10.1 Å². The minimum absolute atomic E-state index is 0.0897. The second-order valence-corrected chi connectivity index (χ2v) is 2.97. The van der Waals surface area contributed by atoms with Gasteiger partial charge >= 0.3 is 0 Å². The van der Waals surface area contributed by atoms with Crippen LogP contribution in [0.1, 0.15) is 0 Å². The van der Waals surface area contributed by atoms with E-state index < -0.39 is 11.6 Å². The SMILES string of the molecule is Oc1cccnc1-c1c(F)cccc1F. The predicted molar refractivity (Wildman–Crippen MR) is 51.3 cm³/mol. The van der Waals surface area contributed by atoms with Crippen LogP contribution in [-0.2, 0) is 0 Å². The van der Waals surface area contributed by atoms with E-state index in [0.717, 1.165) is 12.1 Å².